The second-order valence-electron chi connectivity index (χ2n) is 8.40. The molecule has 0 N–H and O–H groups in total. The fourth-order valence-electron chi connectivity index (χ4n) is 4.11. The van der Waals surface area contributed by atoms with Crippen LogP contribution in [0.25, 0.3) is 0 Å². The highest BCUT2D eigenvalue weighted by Gasteiger charge is 2.34. The minimum absolute atomic E-state index is 0.143. The highest BCUT2D eigenvalue weighted by Crippen LogP contribution is 2.38. The summed E-state index contributed by atoms with van der Waals surface area (Å²) in [5.74, 6) is -0.672. The first-order valence-corrected chi connectivity index (χ1v) is 11.9. The Bertz CT molecular complexity index is 953. The number of rotatable bonds is 7. The van der Waals surface area contributed by atoms with E-state index in [2.05, 4.69) is 66.2 Å². The van der Waals surface area contributed by atoms with Gasteiger partial charge < -0.3 is 14.2 Å². The van der Waals surface area contributed by atoms with E-state index in [1.807, 2.05) is 0 Å². The van der Waals surface area contributed by atoms with Crippen molar-refractivity contribution in [1.82, 2.24) is 0 Å². The molecule has 3 unspecified atom stereocenters. The number of aryl methyl sites for hydroxylation is 2. The molecule has 0 bridgehead atoms. The first-order valence-electron chi connectivity index (χ1n) is 11.1. The quantitative estimate of drug-likeness (QED) is 0.459. The predicted octanol–water partition coefficient (Wildman–Crippen LogP) is 5.63. The van der Waals surface area contributed by atoms with Crippen molar-refractivity contribution >= 4 is 27.9 Å². The number of halogens is 1. The third-order valence-corrected chi connectivity index (χ3v) is 6.48. The number of benzene rings is 2. The minimum Gasteiger partial charge on any atom is -0.463 e. The maximum absolute atomic E-state index is 11.6. The number of carbonyl (C=O) groups is 2. The molecule has 1 aliphatic heterocycles. The fraction of sp³-hybridized carbons (Fsp3) is 0.462. The van der Waals surface area contributed by atoms with Crippen LogP contribution in [0.5, 0.6) is 0 Å². The maximum atomic E-state index is 11.6. The average Bonchev–Trinajstić information content (AvgIpc) is 2.74. The lowest BCUT2D eigenvalue weighted by Crippen LogP contribution is -2.37. The summed E-state index contributed by atoms with van der Waals surface area (Å²) in [7, 11) is 0. The van der Waals surface area contributed by atoms with Crippen molar-refractivity contribution in [2.24, 2.45) is 0 Å². The molecule has 3 atom stereocenters. The van der Waals surface area contributed by atoms with E-state index in [9.17, 15) is 9.59 Å². The van der Waals surface area contributed by atoms with Crippen LogP contribution in [0.4, 0.5) is 0 Å². The van der Waals surface area contributed by atoms with E-state index >= 15 is 0 Å². The van der Waals surface area contributed by atoms with E-state index in [1.165, 1.54) is 36.1 Å². The summed E-state index contributed by atoms with van der Waals surface area (Å²) in [6.07, 6.45) is 2.02. The zero-order valence-corrected chi connectivity index (χ0v) is 20.7. The lowest BCUT2D eigenvalue weighted by Gasteiger charge is -2.35. The van der Waals surface area contributed by atoms with Crippen LogP contribution in [-0.4, -0.2) is 30.8 Å². The van der Waals surface area contributed by atoms with Crippen LogP contribution in [0, 0.1) is 6.92 Å². The molecule has 0 radical (unpaired) electrons. The number of ether oxygens (including phenoxy) is 3. The molecule has 5 nitrogen and oxygen atoms in total. The van der Waals surface area contributed by atoms with E-state index in [4.69, 9.17) is 14.2 Å². The summed E-state index contributed by atoms with van der Waals surface area (Å²) in [6.45, 7) is 7.19. The van der Waals surface area contributed by atoms with E-state index in [-0.39, 0.29) is 36.9 Å². The molecule has 0 saturated carbocycles. The lowest BCUT2D eigenvalue weighted by molar-refractivity contribution is -0.169. The molecule has 32 heavy (non-hydrogen) atoms. The topological polar surface area (TPSA) is 61.8 Å². The summed E-state index contributed by atoms with van der Waals surface area (Å²) >= 11 is 3.70. The van der Waals surface area contributed by atoms with Gasteiger partial charge in [-0.1, -0.05) is 53.2 Å². The molecule has 0 aliphatic carbocycles. The van der Waals surface area contributed by atoms with E-state index in [0.717, 1.165) is 22.9 Å². The lowest BCUT2D eigenvalue weighted by atomic mass is 9.92. The van der Waals surface area contributed by atoms with Gasteiger partial charge in [0.2, 0.25) is 0 Å². The molecule has 0 spiro atoms. The van der Waals surface area contributed by atoms with Gasteiger partial charge in [0.1, 0.15) is 12.7 Å². The van der Waals surface area contributed by atoms with Gasteiger partial charge in [0.25, 0.3) is 0 Å². The van der Waals surface area contributed by atoms with Gasteiger partial charge in [-0.25, -0.2) is 0 Å². The van der Waals surface area contributed by atoms with Gasteiger partial charge in [-0.05, 0) is 53.6 Å². The van der Waals surface area contributed by atoms with Crippen molar-refractivity contribution in [3.63, 3.8) is 0 Å². The molecule has 1 saturated heterocycles. The van der Waals surface area contributed by atoms with Gasteiger partial charge in [-0.2, -0.15) is 0 Å². The van der Waals surface area contributed by atoms with Crippen molar-refractivity contribution in [3.05, 3.63) is 68.7 Å². The summed E-state index contributed by atoms with van der Waals surface area (Å²) in [4.78, 5) is 22.9. The van der Waals surface area contributed by atoms with Crippen LogP contribution < -0.4 is 0 Å². The van der Waals surface area contributed by atoms with Crippen LogP contribution in [-0.2, 0) is 36.6 Å². The Hall–Kier alpha value is -2.18. The van der Waals surface area contributed by atoms with Crippen LogP contribution in [0.15, 0.2) is 40.9 Å². The molecule has 1 fully saturated rings. The molecule has 0 aromatic heterocycles. The van der Waals surface area contributed by atoms with Crippen LogP contribution in [0.3, 0.4) is 0 Å². The zero-order chi connectivity index (χ0) is 23.3. The van der Waals surface area contributed by atoms with Crippen LogP contribution in [0.2, 0.25) is 0 Å². The summed E-state index contributed by atoms with van der Waals surface area (Å²) in [5.41, 5.74) is 6.02. The first kappa shape index (κ1) is 24.5. The molecule has 172 valence electrons. The Morgan fingerprint density at radius 3 is 2.38 bits per heavy atom. The average molecular weight is 503 g/mol. The van der Waals surface area contributed by atoms with Gasteiger partial charge >= 0.3 is 11.9 Å². The zero-order valence-electron chi connectivity index (χ0n) is 19.2. The summed E-state index contributed by atoms with van der Waals surface area (Å²) < 4.78 is 17.9. The first-order chi connectivity index (χ1) is 15.2. The Morgan fingerprint density at radius 1 is 1.06 bits per heavy atom. The molecule has 1 heterocycles. The molecule has 0 amide bonds. The predicted molar refractivity (Wildman–Crippen MR) is 127 cm³/mol. The van der Waals surface area contributed by atoms with Gasteiger partial charge in [-0.3, -0.25) is 9.59 Å². The Kier molecular flexibility index (Phi) is 8.49. The fourth-order valence-corrected chi connectivity index (χ4v) is 4.82. The Balaban J connectivity index is 1.85. The van der Waals surface area contributed by atoms with E-state index in [1.54, 1.807) is 0 Å². The third-order valence-electron chi connectivity index (χ3n) is 5.79. The van der Waals surface area contributed by atoms with Gasteiger partial charge in [0, 0.05) is 31.2 Å². The number of hydrogen-bond donors (Lipinski definition) is 0. The summed E-state index contributed by atoms with van der Waals surface area (Å²) in [5, 5.41) is 0. The molecule has 2 aromatic carbocycles. The van der Waals surface area contributed by atoms with E-state index < -0.39 is 0 Å². The molecular formula is C26H31BrO5. The number of esters is 2. The number of carbonyl (C=O) groups excluding carboxylic acids is 2. The number of hydrogen-bond acceptors (Lipinski definition) is 5. The van der Waals surface area contributed by atoms with Crippen LogP contribution >= 0.6 is 15.9 Å². The molecule has 1 aliphatic rings. The second kappa shape index (κ2) is 11.1. The van der Waals surface area contributed by atoms with Crippen molar-refractivity contribution < 1.29 is 23.8 Å². The van der Waals surface area contributed by atoms with Gasteiger partial charge in [0.05, 0.1) is 12.2 Å². The smallest absolute Gasteiger partial charge is 0.302 e. The monoisotopic (exact) mass is 502 g/mol. The highest BCUT2D eigenvalue weighted by atomic mass is 79.9. The normalized spacial score (nSPS) is 20.6. The minimum atomic E-state index is -0.354. The van der Waals surface area contributed by atoms with Crippen molar-refractivity contribution in [2.75, 3.05) is 6.61 Å². The van der Waals surface area contributed by atoms with Gasteiger partial charge in [0.15, 0.2) is 0 Å². The van der Waals surface area contributed by atoms with Crippen LogP contribution in [0.1, 0.15) is 67.5 Å². The maximum Gasteiger partial charge on any atom is 0.302 e. The van der Waals surface area contributed by atoms with Crippen molar-refractivity contribution in [3.8, 4) is 0 Å². The molecule has 6 heteroatoms. The molecular weight excluding hydrogens is 472 g/mol. The summed E-state index contributed by atoms with van der Waals surface area (Å²) in [6, 6.07) is 13.0. The van der Waals surface area contributed by atoms with Crippen molar-refractivity contribution in [1.29, 1.82) is 0 Å². The Labute approximate surface area is 198 Å². The Morgan fingerprint density at radius 2 is 1.75 bits per heavy atom. The molecule has 2 aromatic rings. The van der Waals surface area contributed by atoms with E-state index in [0.29, 0.717) is 12.8 Å². The van der Waals surface area contributed by atoms with Crippen molar-refractivity contribution in [2.45, 2.75) is 71.7 Å². The standard InChI is InChI=1S/C26H31BrO5/c1-5-19-6-8-20(9-7-19)11-21-12-24(25(27)10-16(21)2)26-14-22(31-18(4)29)13-23(32-26)15-30-17(3)28/h6-10,12,22-23,26H,5,11,13-15H2,1-4H3. The second-order valence-corrected chi connectivity index (χ2v) is 9.25. The molecule has 3 rings (SSSR count). The van der Waals surface area contributed by atoms with Gasteiger partial charge in [-0.15, -0.1) is 0 Å². The SMILES string of the molecule is CCc1ccc(Cc2cc(C3CC(OC(C)=O)CC(COC(C)=O)O3)c(Br)cc2C)cc1. The largest absolute Gasteiger partial charge is 0.463 e. The highest BCUT2D eigenvalue weighted by molar-refractivity contribution is 9.10. The third kappa shape index (κ3) is 6.66.